The van der Waals surface area contributed by atoms with Crippen molar-refractivity contribution in [1.82, 2.24) is 0 Å². The zero-order valence-electron chi connectivity index (χ0n) is 9.28. The summed E-state index contributed by atoms with van der Waals surface area (Å²) in [5.41, 5.74) is 2.89. The molecule has 0 bridgehead atoms. The molecule has 2 rings (SSSR count). The molecule has 0 aliphatic heterocycles. The largest absolute Gasteiger partial charge is 1.00 e. The molecule has 5 heteroatoms. The van der Waals surface area contributed by atoms with Gasteiger partial charge in [0.2, 0.25) is 0 Å². The third-order valence-electron chi connectivity index (χ3n) is 2.23. The van der Waals surface area contributed by atoms with E-state index in [0.717, 1.165) is 0 Å². The Morgan fingerprint density at radius 2 is 1.88 bits per heavy atom. The first kappa shape index (κ1) is 16.6. The van der Waals surface area contributed by atoms with Gasteiger partial charge in [-0.25, -0.2) is 0 Å². The summed E-state index contributed by atoms with van der Waals surface area (Å²) in [6, 6.07) is 8.67. The molecule has 0 heterocycles. The maximum Gasteiger partial charge on any atom is -1.00 e. The molecule has 0 spiro atoms. The van der Waals surface area contributed by atoms with Gasteiger partial charge < -0.3 is 24.8 Å². The van der Waals surface area contributed by atoms with Gasteiger partial charge in [-0.15, -0.1) is 0 Å². The van der Waals surface area contributed by atoms with Crippen LogP contribution in [0.4, 0.5) is 0 Å². The standard InChI is InChI=1S/C9H7.C2H7OSi.2ClH.Zr/c1-2-5-9-7-3-6-8(9)4-1;1-4(2)3;;;/h1-7H;4H,1-2H3;2*1H;/q;-1;;;+3/p-2. The Bertz CT molecular complexity index is 358. The van der Waals surface area contributed by atoms with Crippen LogP contribution in [0.5, 0.6) is 0 Å². The molecule has 1 aliphatic carbocycles. The van der Waals surface area contributed by atoms with Crippen molar-refractivity contribution in [3.8, 4) is 0 Å². The molecule has 1 aromatic carbocycles. The Kier molecular flexibility index (Phi) is 8.13. The summed E-state index contributed by atoms with van der Waals surface area (Å²) in [6.45, 7) is 4.51. The van der Waals surface area contributed by atoms with Gasteiger partial charge in [-0.2, -0.15) is 0 Å². The molecule has 0 fully saturated rings. The Balaban J connectivity index is 0.00000112. The van der Waals surface area contributed by atoms with Crippen molar-refractivity contribution in [2.75, 3.05) is 0 Å². The van der Waals surface area contributed by atoms with E-state index in [9.17, 15) is 0 Å². The van der Waals surface area contributed by atoms with E-state index in [1.807, 2.05) is 0 Å². The van der Waals surface area contributed by atoms with Crippen LogP contribution in [0.3, 0.4) is 0 Å². The molecule has 86 valence electrons. The van der Waals surface area contributed by atoms with E-state index >= 15 is 0 Å². The van der Waals surface area contributed by atoms with Crippen LogP contribution in [0.15, 0.2) is 30.3 Å². The Labute approximate surface area is 123 Å². The third kappa shape index (κ3) is 4.12. The van der Waals surface area contributed by atoms with Crippen LogP contribution >= 0.6 is 0 Å². The van der Waals surface area contributed by atoms with Gasteiger partial charge in [-0.3, -0.25) is 0 Å². The summed E-state index contributed by atoms with van der Waals surface area (Å²) in [5, 5.41) is 0. The number of fused-ring (bicyclic) bond motifs is 1. The fraction of sp³-hybridized carbons (Fsp3) is 0.273. The fourth-order valence-electron chi connectivity index (χ4n) is 1.56. The van der Waals surface area contributed by atoms with E-state index in [2.05, 4.69) is 49.5 Å². The first-order chi connectivity index (χ1) is 6.77. The summed E-state index contributed by atoms with van der Waals surface area (Å²) in [6.07, 6.45) is 4.57. The maximum absolute atomic E-state index is 5.94. The zero-order valence-corrected chi connectivity index (χ0v) is 14.4. The summed E-state index contributed by atoms with van der Waals surface area (Å²) >= 11 is -0.674. The Morgan fingerprint density at radius 1 is 1.19 bits per heavy atom. The van der Waals surface area contributed by atoms with E-state index in [4.69, 9.17) is 2.50 Å². The van der Waals surface area contributed by atoms with E-state index in [-0.39, 0.29) is 24.8 Å². The molecule has 1 aliphatic rings. The number of hydrogen-bond acceptors (Lipinski definition) is 1. The second kappa shape index (κ2) is 7.84. The van der Waals surface area contributed by atoms with Crippen LogP contribution in [0.2, 0.25) is 13.1 Å². The van der Waals surface area contributed by atoms with Crippen molar-refractivity contribution in [2.45, 2.75) is 16.7 Å². The molecule has 1 unspecified atom stereocenters. The van der Waals surface area contributed by atoms with Gasteiger partial charge in [0.05, 0.1) is 0 Å². The van der Waals surface area contributed by atoms with Gasteiger partial charge in [-0.05, 0) is 0 Å². The van der Waals surface area contributed by atoms with Crippen LogP contribution in [0.25, 0.3) is 6.08 Å². The van der Waals surface area contributed by atoms with Gasteiger partial charge in [-0.1, -0.05) is 0 Å². The normalized spacial score (nSPS) is 16.1. The third-order valence-corrected chi connectivity index (χ3v) is 9.18. The molecular formula is C11H14Cl2OSiZr. The second-order valence-corrected chi connectivity index (χ2v) is 9.93. The molecule has 1 aromatic rings. The fourth-order valence-corrected chi connectivity index (χ4v) is 6.46. The number of allylic oxidation sites excluding steroid dienone is 1. The van der Waals surface area contributed by atoms with Crippen LogP contribution in [-0.2, 0) is 26.2 Å². The average molecular weight is 352 g/mol. The Hall–Kier alpha value is 0.600. The first-order valence-corrected chi connectivity index (χ1v) is 10.2. The topological polar surface area (TPSA) is 9.23 Å². The molecule has 1 atom stereocenters. The van der Waals surface area contributed by atoms with E-state index in [1.54, 1.807) is 0 Å². The van der Waals surface area contributed by atoms with Crippen molar-refractivity contribution in [3.05, 3.63) is 41.5 Å². The molecule has 0 aromatic heterocycles. The van der Waals surface area contributed by atoms with Crippen molar-refractivity contribution in [3.63, 3.8) is 0 Å². The minimum atomic E-state index is -0.799. The zero-order chi connectivity index (χ0) is 9.97. The van der Waals surface area contributed by atoms with Gasteiger partial charge in [0.1, 0.15) is 0 Å². The number of benzene rings is 1. The number of halogens is 2. The molecule has 0 saturated heterocycles. The van der Waals surface area contributed by atoms with Crippen molar-refractivity contribution >= 4 is 15.1 Å². The van der Waals surface area contributed by atoms with Crippen LogP contribution < -0.4 is 24.8 Å². The van der Waals surface area contributed by atoms with Crippen LogP contribution in [0, 0.1) is 0 Å². The summed E-state index contributed by atoms with van der Waals surface area (Å²) in [5.74, 6) is 0. The molecule has 0 amide bonds. The molecular weight excluding hydrogens is 338 g/mol. The van der Waals surface area contributed by atoms with E-state index in [0.29, 0.717) is 3.63 Å². The van der Waals surface area contributed by atoms with Crippen LogP contribution in [-0.4, -0.2) is 9.04 Å². The maximum atomic E-state index is 5.94. The molecule has 16 heavy (non-hydrogen) atoms. The SMILES string of the molecule is C[SiH](C)[O][Zr+2][CH]1C=Cc2ccccc21.[Cl-].[Cl-]. The number of rotatable bonds is 3. The quantitative estimate of drug-likeness (QED) is 0.520. The van der Waals surface area contributed by atoms with E-state index in [1.165, 1.54) is 11.1 Å². The molecule has 0 saturated carbocycles. The summed E-state index contributed by atoms with van der Waals surface area (Å²) < 4.78 is 6.60. The van der Waals surface area contributed by atoms with Crippen molar-refractivity contribution in [2.24, 2.45) is 0 Å². The molecule has 0 radical (unpaired) electrons. The smallest absolute Gasteiger partial charge is 1.00 e. The van der Waals surface area contributed by atoms with Crippen molar-refractivity contribution in [1.29, 1.82) is 0 Å². The average Bonchev–Trinajstić information content (AvgIpc) is 2.58. The van der Waals surface area contributed by atoms with Gasteiger partial charge >= 0.3 is 99.5 Å². The first-order valence-electron chi connectivity index (χ1n) is 4.95. The van der Waals surface area contributed by atoms with Gasteiger partial charge in [0.25, 0.3) is 0 Å². The molecule has 0 N–H and O–H groups in total. The Morgan fingerprint density at radius 3 is 2.56 bits per heavy atom. The number of hydrogen-bond donors (Lipinski definition) is 0. The summed E-state index contributed by atoms with van der Waals surface area (Å²) in [7, 11) is -0.799. The molecule has 1 nitrogen and oxygen atoms in total. The van der Waals surface area contributed by atoms with E-state index < -0.39 is 32.7 Å². The van der Waals surface area contributed by atoms with Crippen molar-refractivity contribution < 1.29 is 51.0 Å². The monoisotopic (exact) mass is 350 g/mol. The minimum absolute atomic E-state index is 0. The second-order valence-electron chi connectivity index (χ2n) is 3.75. The van der Waals surface area contributed by atoms with Gasteiger partial charge in [0.15, 0.2) is 0 Å². The minimum Gasteiger partial charge on any atom is -1.00 e. The van der Waals surface area contributed by atoms with Gasteiger partial charge in [0, 0.05) is 0 Å². The summed E-state index contributed by atoms with van der Waals surface area (Å²) in [4.78, 5) is 0. The predicted octanol–water partition coefficient (Wildman–Crippen LogP) is -3.24. The van der Waals surface area contributed by atoms with Crippen LogP contribution in [0.1, 0.15) is 14.8 Å². The predicted molar refractivity (Wildman–Crippen MR) is 58.2 cm³/mol.